The van der Waals surface area contributed by atoms with Crippen molar-refractivity contribution in [3.05, 3.63) is 23.8 Å². The number of hydrogen-bond donors (Lipinski definition) is 2. The number of carbonyl (C=O) groups excluding carboxylic acids is 1. The average Bonchev–Trinajstić information content (AvgIpc) is 3.26. The van der Waals surface area contributed by atoms with Crippen molar-refractivity contribution in [3.8, 4) is 11.5 Å². The monoisotopic (exact) mass is 261 g/mol. The van der Waals surface area contributed by atoms with Crippen LogP contribution in [0.3, 0.4) is 0 Å². The molecule has 1 amide bonds. The van der Waals surface area contributed by atoms with Crippen molar-refractivity contribution in [2.45, 2.75) is 25.7 Å². The fraction of sp³-hybridized carbons (Fsp3) is 0.533. The minimum Gasteiger partial charge on any atom is -0.504 e. The second kappa shape index (κ2) is 4.76. The third-order valence-corrected chi connectivity index (χ3v) is 3.86. The molecule has 102 valence electrons. The molecule has 0 spiro atoms. The van der Waals surface area contributed by atoms with E-state index >= 15 is 0 Å². The van der Waals surface area contributed by atoms with Crippen LogP contribution in [-0.4, -0.2) is 34.1 Å². The normalized spacial score (nSPS) is 18.3. The van der Waals surface area contributed by atoms with Crippen LogP contribution >= 0.6 is 0 Å². The van der Waals surface area contributed by atoms with E-state index in [1.807, 2.05) is 4.90 Å². The van der Waals surface area contributed by atoms with Crippen LogP contribution in [0, 0.1) is 11.8 Å². The van der Waals surface area contributed by atoms with Crippen LogP contribution < -0.4 is 0 Å². The first-order valence-electron chi connectivity index (χ1n) is 6.94. The number of rotatable bonds is 5. The van der Waals surface area contributed by atoms with E-state index in [4.69, 9.17) is 0 Å². The van der Waals surface area contributed by atoms with Gasteiger partial charge in [0.2, 0.25) is 0 Å². The number of aromatic hydroxyl groups is 2. The molecule has 2 N–H and O–H groups in total. The largest absolute Gasteiger partial charge is 0.504 e. The van der Waals surface area contributed by atoms with E-state index in [9.17, 15) is 15.0 Å². The van der Waals surface area contributed by atoms with Gasteiger partial charge >= 0.3 is 0 Å². The molecule has 2 aliphatic carbocycles. The summed E-state index contributed by atoms with van der Waals surface area (Å²) in [7, 11) is 0. The molecule has 1 aromatic rings. The Labute approximate surface area is 112 Å². The molecular formula is C15H19NO3. The lowest BCUT2D eigenvalue weighted by Crippen LogP contribution is -2.34. The molecule has 4 heteroatoms. The van der Waals surface area contributed by atoms with E-state index in [1.165, 1.54) is 37.8 Å². The molecule has 0 aromatic heterocycles. The number of phenolic OH excluding ortho intramolecular Hbond substituents is 2. The van der Waals surface area contributed by atoms with Crippen LogP contribution in [0.1, 0.15) is 36.0 Å². The summed E-state index contributed by atoms with van der Waals surface area (Å²) in [5, 5.41) is 18.8. The maximum Gasteiger partial charge on any atom is 0.254 e. The molecule has 0 unspecified atom stereocenters. The topological polar surface area (TPSA) is 60.8 Å². The fourth-order valence-corrected chi connectivity index (χ4v) is 2.30. The maximum absolute atomic E-state index is 12.5. The summed E-state index contributed by atoms with van der Waals surface area (Å²) in [4.78, 5) is 14.4. The van der Waals surface area contributed by atoms with Gasteiger partial charge in [-0.1, -0.05) is 0 Å². The molecule has 2 aliphatic rings. The predicted molar refractivity (Wildman–Crippen MR) is 71.1 cm³/mol. The molecule has 2 fully saturated rings. The molecule has 0 bridgehead atoms. The molecule has 3 rings (SSSR count). The SMILES string of the molecule is O=C(c1ccc(O)c(O)c1)N(CC1CC1)CC1CC1. The van der Waals surface area contributed by atoms with E-state index in [0.717, 1.165) is 13.1 Å². The standard InChI is InChI=1S/C15H19NO3/c17-13-6-5-12(7-14(13)18)15(19)16(8-10-1-2-10)9-11-3-4-11/h5-7,10-11,17-18H,1-4,8-9H2. The molecule has 0 heterocycles. The molecule has 0 radical (unpaired) electrons. The second-order valence-electron chi connectivity index (χ2n) is 5.80. The van der Waals surface area contributed by atoms with Gasteiger partial charge in [-0.3, -0.25) is 4.79 Å². The highest BCUT2D eigenvalue weighted by Crippen LogP contribution is 2.34. The van der Waals surface area contributed by atoms with Crippen molar-refractivity contribution in [3.63, 3.8) is 0 Å². The van der Waals surface area contributed by atoms with Crippen molar-refractivity contribution >= 4 is 5.91 Å². The highest BCUT2D eigenvalue weighted by molar-refractivity contribution is 5.95. The number of phenols is 2. The molecule has 1 aromatic carbocycles. The third kappa shape index (κ3) is 3.00. The lowest BCUT2D eigenvalue weighted by molar-refractivity contribution is 0.0739. The molecule has 0 aliphatic heterocycles. The van der Waals surface area contributed by atoms with Crippen LogP contribution in [0.2, 0.25) is 0 Å². The highest BCUT2D eigenvalue weighted by Gasteiger charge is 2.32. The lowest BCUT2D eigenvalue weighted by Gasteiger charge is -2.22. The zero-order chi connectivity index (χ0) is 13.4. The zero-order valence-corrected chi connectivity index (χ0v) is 10.9. The van der Waals surface area contributed by atoms with Crippen molar-refractivity contribution in [2.24, 2.45) is 11.8 Å². The van der Waals surface area contributed by atoms with Gasteiger partial charge in [0.15, 0.2) is 11.5 Å². The van der Waals surface area contributed by atoms with Gasteiger partial charge in [-0.05, 0) is 55.7 Å². The van der Waals surface area contributed by atoms with Gasteiger partial charge < -0.3 is 15.1 Å². The average molecular weight is 261 g/mol. The Morgan fingerprint density at radius 1 is 1.05 bits per heavy atom. The Balaban J connectivity index is 1.74. The Kier molecular flexibility index (Phi) is 3.09. The van der Waals surface area contributed by atoms with E-state index in [-0.39, 0.29) is 17.4 Å². The summed E-state index contributed by atoms with van der Waals surface area (Å²) in [5.41, 5.74) is 0.455. The Morgan fingerprint density at radius 2 is 1.63 bits per heavy atom. The van der Waals surface area contributed by atoms with Gasteiger partial charge in [0.25, 0.3) is 5.91 Å². The predicted octanol–water partition coefficient (Wildman–Crippen LogP) is 2.36. The fourth-order valence-electron chi connectivity index (χ4n) is 2.30. The lowest BCUT2D eigenvalue weighted by atomic mass is 10.1. The summed E-state index contributed by atoms with van der Waals surface area (Å²) in [6, 6.07) is 4.30. The van der Waals surface area contributed by atoms with Crippen LogP contribution in [-0.2, 0) is 0 Å². The van der Waals surface area contributed by atoms with Crippen LogP contribution in [0.4, 0.5) is 0 Å². The summed E-state index contributed by atoms with van der Waals surface area (Å²) < 4.78 is 0. The van der Waals surface area contributed by atoms with Gasteiger partial charge in [-0.25, -0.2) is 0 Å². The number of carbonyl (C=O) groups is 1. The number of hydrogen-bond acceptors (Lipinski definition) is 3. The van der Waals surface area contributed by atoms with Crippen molar-refractivity contribution < 1.29 is 15.0 Å². The number of amides is 1. The van der Waals surface area contributed by atoms with Crippen LogP contribution in [0.15, 0.2) is 18.2 Å². The molecule has 19 heavy (non-hydrogen) atoms. The van der Waals surface area contributed by atoms with Crippen molar-refractivity contribution in [2.75, 3.05) is 13.1 Å². The van der Waals surface area contributed by atoms with Gasteiger partial charge in [0, 0.05) is 18.7 Å². The summed E-state index contributed by atoms with van der Waals surface area (Å²) in [5.74, 6) is 0.868. The summed E-state index contributed by atoms with van der Waals surface area (Å²) in [6.45, 7) is 1.66. The Hall–Kier alpha value is -1.71. The minimum absolute atomic E-state index is 0.0332. The third-order valence-electron chi connectivity index (χ3n) is 3.86. The first-order valence-corrected chi connectivity index (χ1v) is 6.94. The zero-order valence-electron chi connectivity index (χ0n) is 10.9. The maximum atomic E-state index is 12.5. The Bertz CT molecular complexity index is 478. The quantitative estimate of drug-likeness (QED) is 0.800. The number of benzene rings is 1. The van der Waals surface area contributed by atoms with Gasteiger partial charge in [0.05, 0.1) is 0 Å². The molecule has 0 atom stereocenters. The Morgan fingerprint density at radius 3 is 2.11 bits per heavy atom. The first kappa shape index (κ1) is 12.3. The number of nitrogens with zero attached hydrogens (tertiary/aromatic N) is 1. The highest BCUT2D eigenvalue weighted by atomic mass is 16.3. The molecule has 4 nitrogen and oxygen atoms in total. The summed E-state index contributed by atoms with van der Waals surface area (Å²) in [6.07, 6.45) is 4.87. The van der Waals surface area contributed by atoms with E-state index in [1.54, 1.807) is 6.07 Å². The molecular weight excluding hydrogens is 242 g/mol. The van der Waals surface area contributed by atoms with Crippen LogP contribution in [0.5, 0.6) is 11.5 Å². The molecule has 2 saturated carbocycles. The van der Waals surface area contributed by atoms with Crippen molar-refractivity contribution in [1.29, 1.82) is 0 Å². The minimum atomic E-state index is -0.233. The van der Waals surface area contributed by atoms with E-state index < -0.39 is 0 Å². The van der Waals surface area contributed by atoms with E-state index in [0.29, 0.717) is 17.4 Å². The second-order valence-corrected chi connectivity index (χ2v) is 5.80. The van der Waals surface area contributed by atoms with E-state index in [2.05, 4.69) is 0 Å². The van der Waals surface area contributed by atoms with Crippen LogP contribution in [0.25, 0.3) is 0 Å². The smallest absolute Gasteiger partial charge is 0.254 e. The molecule has 0 saturated heterocycles. The van der Waals surface area contributed by atoms with Gasteiger partial charge in [0.1, 0.15) is 0 Å². The first-order chi connectivity index (χ1) is 9.13. The summed E-state index contributed by atoms with van der Waals surface area (Å²) >= 11 is 0. The van der Waals surface area contributed by atoms with Gasteiger partial charge in [-0.2, -0.15) is 0 Å². The van der Waals surface area contributed by atoms with Gasteiger partial charge in [-0.15, -0.1) is 0 Å². The van der Waals surface area contributed by atoms with Crippen molar-refractivity contribution in [1.82, 2.24) is 4.90 Å².